The van der Waals surface area contributed by atoms with E-state index in [0.717, 1.165) is 29.8 Å². The fourth-order valence-electron chi connectivity index (χ4n) is 3.54. The molecule has 0 aromatic heterocycles. The van der Waals surface area contributed by atoms with Gasteiger partial charge < -0.3 is 10.1 Å². The monoisotopic (exact) mass is 309 g/mol. The first kappa shape index (κ1) is 16.6. The molecular formula is C18H28ClNO. The van der Waals surface area contributed by atoms with Gasteiger partial charge in [-0.15, -0.1) is 0 Å². The summed E-state index contributed by atoms with van der Waals surface area (Å²) in [6.07, 6.45) is 8.14. The molecule has 0 aliphatic heterocycles. The molecule has 0 amide bonds. The summed E-state index contributed by atoms with van der Waals surface area (Å²) in [5, 5.41) is 4.34. The van der Waals surface area contributed by atoms with Crippen LogP contribution in [0.2, 0.25) is 5.02 Å². The van der Waals surface area contributed by atoms with Gasteiger partial charge in [-0.3, -0.25) is 0 Å². The van der Waals surface area contributed by atoms with Crippen LogP contribution in [0.15, 0.2) is 18.2 Å². The van der Waals surface area contributed by atoms with Crippen LogP contribution < -0.4 is 10.1 Å². The Morgan fingerprint density at radius 3 is 2.57 bits per heavy atom. The van der Waals surface area contributed by atoms with Crippen LogP contribution in [0, 0.1) is 5.92 Å². The Bertz CT molecular complexity index is 427. The molecule has 1 aromatic rings. The first-order valence-corrected chi connectivity index (χ1v) is 8.68. The Morgan fingerprint density at radius 1 is 1.24 bits per heavy atom. The summed E-state index contributed by atoms with van der Waals surface area (Å²) in [5.41, 5.74) is 1.28. The zero-order valence-electron chi connectivity index (χ0n) is 13.3. The molecule has 1 saturated carbocycles. The lowest BCUT2D eigenvalue weighted by Gasteiger charge is -2.28. The Balaban J connectivity index is 2.27. The molecule has 0 saturated heterocycles. The van der Waals surface area contributed by atoms with E-state index in [-0.39, 0.29) is 0 Å². The molecule has 0 heterocycles. The minimum Gasteiger partial charge on any atom is -0.496 e. The van der Waals surface area contributed by atoms with Gasteiger partial charge in [0.05, 0.1) is 7.11 Å². The molecule has 0 radical (unpaired) electrons. The van der Waals surface area contributed by atoms with Crippen molar-refractivity contribution in [2.45, 2.75) is 51.4 Å². The molecule has 118 valence electrons. The number of hydrogen-bond acceptors (Lipinski definition) is 2. The van der Waals surface area contributed by atoms with E-state index in [1.165, 1.54) is 44.1 Å². The minimum absolute atomic E-state index is 0.497. The van der Waals surface area contributed by atoms with Gasteiger partial charge in [-0.25, -0.2) is 0 Å². The van der Waals surface area contributed by atoms with Crippen LogP contribution in [0.1, 0.15) is 56.9 Å². The maximum atomic E-state index is 6.25. The second-order valence-electron chi connectivity index (χ2n) is 6.05. The predicted molar refractivity (Wildman–Crippen MR) is 90.5 cm³/mol. The van der Waals surface area contributed by atoms with Gasteiger partial charge in [-0.2, -0.15) is 0 Å². The van der Waals surface area contributed by atoms with Crippen molar-refractivity contribution in [3.8, 4) is 5.75 Å². The van der Waals surface area contributed by atoms with E-state index in [9.17, 15) is 0 Å². The van der Waals surface area contributed by atoms with E-state index in [1.807, 2.05) is 12.1 Å². The topological polar surface area (TPSA) is 21.3 Å². The highest BCUT2D eigenvalue weighted by molar-refractivity contribution is 6.30. The first-order chi connectivity index (χ1) is 10.3. The number of likely N-dealkylation sites (N-methyl/N-ethyl adjacent to an activating group) is 1. The maximum absolute atomic E-state index is 6.25. The largest absolute Gasteiger partial charge is 0.496 e. The SMILES string of the molecule is CCNCC(c1cc(Cl)ccc1OC)C1CCCCCC1. The Kier molecular flexibility index (Phi) is 6.85. The average Bonchev–Trinajstić information content (AvgIpc) is 2.77. The molecule has 1 aromatic carbocycles. The van der Waals surface area contributed by atoms with Crippen molar-refractivity contribution < 1.29 is 4.74 Å². The van der Waals surface area contributed by atoms with E-state index in [2.05, 4.69) is 18.3 Å². The van der Waals surface area contributed by atoms with Crippen molar-refractivity contribution in [2.75, 3.05) is 20.2 Å². The third kappa shape index (κ3) is 4.62. The summed E-state index contributed by atoms with van der Waals surface area (Å²) in [6.45, 7) is 4.18. The maximum Gasteiger partial charge on any atom is 0.122 e. The Hall–Kier alpha value is -0.730. The third-order valence-electron chi connectivity index (χ3n) is 4.67. The van der Waals surface area contributed by atoms with Crippen LogP contribution >= 0.6 is 11.6 Å². The highest BCUT2D eigenvalue weighted by Gasteiger charge is 2.26. The number of halogens is 1. The van der Waals surface area contributed by atoms with Crippen LogP contribution in [-0.4, -0.2) is 20.2 Å². The van der Waals surface area contributed by atoms with Gasteiger partial charge in [0.15, 0.2) is 0 Å². The molecule has 1 fully saturated rings. The molecule has 0 bridgehead atoms. The summed E-state index contributed by atoms with van der Waals surface area (Å²) in [7, 11) is 1.75. The molecule has 1 unspecified atom stereocenters. The van der Waals surface area contributed by atoms with Gasteiger partial charge in [-0.1, -0.05) is 44.2 Å². The van der Waals surface area contributed by atoms with E-state index >= 15 is 0 Å². The molecule has 2 rings (SSSR count). The second kappa shape index (κ2) is 8.65. The number of methoxy groups -OCH3 is 1. The molecule has 0 spiro atoms. The minimum atomic E-state index is 0.497. The Labute approximate surface area is 134 Å². The smallest absolute Gasteiger partial charge is 0.122 e. The van der Waals surface area contributed by atoms with Crippen molar-refractivity contribution in [1.29, 1.82) is 0 Å². The van der Waals surface area contributed by atoms with Crippen molar-refractivity contribution >= 4 is 11.6 Å². The average molecular weight is 310 g/mol. The number of nitrogens with one attached hydrogen (secondary N) is 1. The molecular weight excluding hydrogens is 282 g/mol. The third-order valence-corrected chi connectivity index (χ3v) is 4.91. The van der Waals surface area contributed by atoms with Gasteiger partial charge in [-0.05, 0) is 43.5 Å². The fourth-order valence-corrected chi connectivity index (χ4v) is 3.72. The summed E-state index contributed by atoms with van der Waals surface area (Å²) >= 11 is 6.25. The molecule has 2 nitrogen and oxygen atoms in total. The number of benzene rings is 1. The molecule has 1 aliphatic carbocycles. The second-order valence-corrected chi connectivity index (χ2v) is 6.49. The quantitative estimate of drug-likeness (QED) is 0.746. The van der Waals surface area contributed by atoms with Crippen molar-refractivity contribution in [2.24, 2.45) is 5.92 Å². The predicted octanol–water partition coefficient (Wildman–Crippen LogP) is 5.01. The highest BCUT2D eigenvalue weighted by Crippen LogP contribution is 2.39. The van der Waals surface area contributed by atoms with E-state index in [0.29, 0.717) is 5.92 Å². The summed E-state index contributed by atoms with van der Waals surface area (Å²) in [5.74, 6) is 2.21. The van der Waals surface area contributed by atoms with E-state index in [1.54, 1.807) is 7.11 Å². The molecule has 3 heteroatoms. The molecule has 1 atom stereocenters. The normalized spacial score (nSPS) is 18.2. The molecule has 21 heavy (non-hydrogen) atoms. The zero-order valence-corrected chi connectivity index (χ0v) is 14.1. The number of ether oxygens (including phenoxy) is 1. The van der Waals surface area contributed by atoms with Crippen molar-refractivity contribution in [1.82, 2.24) is 5.32 Å². The van der Waals surface area contributed by atoms with Crippen molar-refractivity contribution in [3.05, 3.63) is 28.8 Å². The van der Waals surface area contributed by atoms with Crippen LogP contribution in [0.4, 0.5) is 0 Å². The lowest BCUT2D eigenvalue weighted by atomic mass is 9.81. The zero-order chi connectivity index (χ0) is 15.1. The van der Waals surface area contributed by atoms with Gasteiger partial charge in [0.25, 0.3) is 0 Å². The van der Waals surface area contributed by atoms with Gasteiger partial charge in [0.2, 0.25) is 0 Å². The van der Waals surface area contributed by atoms with Gasteiger partial charge >= 0.3 is 0 Å². The number of hydrogen-bond donors (Lipinski definition) is 1. The number of rotatable bonds is 6. The van der Waals surface area contributed by atoms with E-state index in [4.69, 9.17) is 16.3 Å². The fraction of sp³-hybridized carbons (Fsp3) is 0.667. The summed E-state index contributed by atoms with van der Waals surface area (Å²) < 4.78 is 5.60. The molecule has 1 N–H and O–H groups in total. The van der Waals surface area contributed by atoms with Crippen LogP contribution in [0.25, 0.3) is 0 Å². The van der Waals surface area contributed by atoms with Crippen LogP contribution in [0.5, 0.6) is 5.75 Å². The summed E-state index contributed by atoms with van der Waals surface area (Å²) in [4.78, 5) is 0. The first-order valence-electron chi connectivity index (χ1n) is 8.30. The summed E-state index contributed by atoms with van der Waals surface area (Å²) in [6, 6.07) is 6.03. The van der Waals surface area contributed by atoms with Gasteiger partial charge in [0.1, 0.15) is 5.75 Å². The van der Waals surface area contributed by atoms with Crippen molar-refractivity contribution in [3.63, 3.8) is 0 Å². The van der Waals surface area contributed by atoms with Crippen LogP contribution in [0.3, 0.4) is 0 Å². The van der Waals surface area contributed by atoms with E-state index < -0.39 is 0 Å². The van der Waals surface area contributed by atoms with Gasteiger partial charge in [0, 0.05) is 23.0 Å². The molecule has 1 aliphatic rings. The van der Waals surface area contributed by atoms with Crippen LogP contribution in [-0.2, 0) is 0 Å². The highest BCUT2D eigenvalue weighted by atomic mass is 35.5. The lowest BCUT2D eigenvalue weighted by Crippen LogP contribution is -2.27. The standard InChI is InChI=1S/C18H28ClNO/c1-3-20-13-17(14-8-6-4-5-7-9-14)16-12-15(19)10-11-18(16)21-2/h10-12,14,17,20H,3-9,13H2,1-2H3. The Morgan fingerprint density at radius 2 is 1.95 bits per heavy atom. The lowest BCUT2D eigenvalue weighted by molar-refractivity contribution is 0.345.